The van der Waals surface area contributed by atoms with E-state index >= 15 is 4.39 Å². The highest BCUT2D eigenvalue weighted by Gasteiger charge is 2.51. The molecule has 3 aliphatic rings. The van der Waals surface area contributed by atoms with Gasteiger partial charge in [0.2, 0.25) is 11.5 Å². The Morgan fingerprint density at radius 1 is 0.828 bits per heavy atom. The molecule has 2 unspecified atom stereocenters. The molecule has 2 aromatic heterocycles. The minimum Gasteiger partial charge on any atom is -0.377 e. The number of nitrogens with zero attached hydrogens (tertiary/aromatic N) is 5. The van der Waals surface area contributed by atoms with Crippen molar-refractivity contribution < 1.29 is 49.8 Å². The Morgan fingerprint density at radius 2 is 1.55 bits per heavy atom. The van der Waals surface area contributed by atoms with Gasteiger partial charge in [0.05, 0.1) is 54.6 Å². The van der Waals surface area contributed by atoms with E-state index in [2.05, 4.69) is 10.1 Å². The second-order valence-corrected chi connectivity index (χ2v) is 16.5. The molecular weight excluding hydrogens is 854 g/mol. The molecular formula is C45H45F7N6O6. The molecule has 0 bridgehead atoms. The number of fused-ring (bicyclic) bond motifs is 2. The molecule has 3 aromatic carbocycles. The number of rotatable bonds is 13. The van der Waals surface area contributed by atoms with Gasteiger partial charge in [-0.1, -0.05) is 24.3 Å². The predicted molar refractivity (Wildman–Crippen MR) is 222 cm³/mol. The summed E-state index contributed by atoms with van der Waals surface area (Å²) >= 11 is 0. The molecule has 5 aromatic rings. The van der Waals surface area contributed by atoms with Gasteiger partial charge in [-0.2, -0.15) is 31.4 Å². The van der Waals surface area contributed by atoms with Crippen LogP contribution in [0.15, 0.2) is 76.3 Å². The first-order chi connectivity index (χ1) is 30.5. The van der Waals surface area contributed by atoms with Crippen molar-refractivity contribution in [3.05, 3.63) is 116 Å². The van der Waals surface area contributed by atoms with Crippen molar-refractivity contribution in [2.75, 3.05) is 50.9 Å². The minimum atomic E-state index is -4.88. The van der Waals surface area contributed by atoms with Gasteiger partial charge in [-0.3, -0.25) is 19.2 Å². The summed E-state index contributed by atoms with van der Waals surface area (Å²) in [4.78, 5) is 58.4. The highest BCUT2D eigenvalue weighted by Crippen LogP contribution is 2.41. The molecule has 8 rings (SSSR count). The number of nitrogens with one attached hydrogen (secondary N) is 1. The lowest BCUT2D eigenvalue weighted by Crippen LogP contribution is -2.51. The Hall–Kier alpha value is -5.82. The topological polar surface area (TPSA) is 130 Å². The van der Waals surface area contributed by atoms with Gasteiger partial charge in [0, 0.05) is 72.6 Å². The lowest BCUT2D eigenvalue weighted by Gasteiger charge is -2.36. The van der Waals surface area contributed by atoms with Crippen LogP contribution < -0.4 is 16.0 Å². The minimum absolute atomic E-state index is 0.0389. The third kappa shape index (κ3) is 9.50. The Balaban J connectivity index is 0.914. The summed E-state index contributed by atoms with van der Waals surface area (Å²) in [6.07, 6.45) is -9.83. The first-order valence-corrected chi connectivity index (χ1v) is 21.1. The van der Waals surface area contributed by atoms with Gasteiger partial charge in [-0.25, -0.2) is 9.07 Å². The highest BCUT2D eigenvalue weighted by atomic mass is 19.4. The van der Waals surface area contributed by atoms with E-state index in [-0.39, 0.29) is 79.7 Å². The van der Waals surface area contributed by atoms with Gasteiger partial charge >= 0.3 is 12.4 Å². The molecule has 3 fully saturated rings. The molecule has 2 amide bonds. The number of pyridine rings is 1. The van der Waals surface area contributed by atoms with Crippen LogP contribution in [0.2, 0.25) is 0 Å². The van der Waals surface area contributed by atoms with Gasteiger partial charge in [0.25, 0.3) is 11.5 Å². The lowest BCUT2D eigenvalue weighted by molar-refractivity contribution is -0.228. The molecule has 1 saturated carbocycles. The number of hydrogen-bond acceptors (Lipinski definition) is 8. The SMILES string of the molecule is C[C@H]1CCC(C(OCCOCCn2nc(Cc3ccc(F)c(C(=O)N4CCN(C(=O)C5CC5)CC4)c3)c3ccccc3c2=O)C(F)(F)F)N1c1ccc2[nH]c(=O)cc(C(F)(F)F)c2c1. The quantitative estimate of drug-likeness (QED) is 0.102. The smallest absolute Gasteiger partial charge is 0.377 e. The van der Waals surface area contributed by atoms with E-state index in [9.17, 15) is 45.5 Å². The zero-order valence-corrected chi connectivity index (χ0v) is 34.7. The molecule has 1 aliphatic carbocycles. The molecule has 0 spiro atoms. The van der Waals surface area contributed by atoms with Crippen LogP contribution in [-0.4, -0.2) is 107 Å². The molecule has 12 nitrogen and oxygen atoms in total. The van der Waals surface area contributed by atoms with Crippen LogP contribution in [0.25, 0.3) is 21.7 Å². The monoisotopic (exact) mass is 898 g/mol. The van der Waals surface area contributed by atoms with Crippen LogP contribution in [-0.2, 0) is 33.4 Å². The molecule has 1 N–H and O–H groups in total. The Labute approximate surface area is 361 Å². The lowest BCUT2D eigenvalue weighted by atomic mass is 10.0. The van der Waals surface area contributed by atoms with Gasteiger partial charge in [-0.15, -0.1) is 0 Å². The number of aromatic amines is 1. The summed E-state index contributed by atoms with van der Waals surface area (Å²) in [5.41, 5.74) is -1.71. The number of ether oxygens (including phenoxy) is 2. The molecule has 2 aliphatic heterocycles. The number of anilines is 1. The molecule has 64 heavy (non-hydrogen) atoms. The first-order valence-electron chi connectivity index (χ1n) is 21.1. The van der Waals surface area contributed by atoms with Crippen molar-refractivity contribution in [3.8, 4) is 0 Å². The molecule has 340 valence electrons. The summed E-state index contributed by atoms with van der Waals surface area (Å²) in [5.74, 6) is -1.03. The number of alkyl halides is 6. The van der Waals surface area contributed by atoms with Crippen molar-refractivity contribution in [1.82, 2.24) is 24.6 Å². The summed E-state index contributed by atoms with van der Waals surface area (Å²) in [5, 5.41) is 5.10. The van der Waals surface area contributed by atoms with E-state index in [1.54, 1.807) is 36.1 Å². The van der Waals surface area contributed by atoms with Crippen molar-refractivity contribution in [1.29, 1.82) is 0 Å². The average Bonchev–Trinajstić information content (AvgIpc) is 4.05. The van der Waals surface area contributed by atoms with Crippen molar-refractivity contribution in [3.63, 3.8) is 0 Å². The summed E-state index contributed by atoms with van der Waals surface area (Å²) < 4.78 is 113. The normalized spacial score (nSPS) is 18.9. The Kier molecular flexibility index (Phi) is 12.6. The third-order valence-electron chi connectivity index (χ3n) is 12.2. The maximum absolute atomic E-state index is 15.1. The Bertz CT molecular complexity index is 2670. The fourth-order valence-corrected chi connectivity index (χ4v) is 8.82. The van der Waals surface area contributed by atoms with E-state index in [0.29, 0.717) is 47.6 Å². The zero-order valence-electron chi connectivity index (χ0n) is 34.7. The number of hydrogen-bond donors (Lipinski definition) is 1. The van der Waals surface area contributed by atoms with Gasteiger partial charge < -0.3 is 29.2 Å². The zero-order chi connectivity index (χ0) is 45.5. The highest BCUT2D eigenvalue weighted by molar-refractivity contribution is 5.95. The van der Waals surface area contributed by atoms with Crippen LogP contribution in [0, 0.1) is 11.7 Å². The standard InChI is InChI=1S/C45H45F7N6O6/c1-26-6-13-38(58(26)29-10-12-36-32(24-29)34(44(47,48)49)25-39(59)53-36)40(45(50,51)52)64-21-20-63-19-18-57-43(62)31-5-3-2-4-30(31)37(54-57)23-27-7-11-35(46)33(22-27)42(61)56-16-14-55(15-17-56)41(60)28-8-9-28/h2-5,7,10-12,22,24-26,28,38,40H,6,8-9,13-21,23H2,1H3,(H,53,59)/t26-,38?,40?/m0/s1. The van der Waals surface area contributed by atoms with Crippen LogP contribution in [0.1, 0.15) is 59.8 Å². The molecule has 0 radical (unpaired) electrons. The van der Waals surface area contributed by atoms with Crippen LogP contribution >= 0.6 is 0 Å². The number of benzene rings is 3. The van der Waals surface area contributed by atoms with Crippen molar-refractivity contribution in [2.24, 2.45) is 5.92 Å². The maximum atomic E-state index is 15.1. The van der Waals surface area contributed by atoms with E-state index in [1.165, 1.54) is 44.8 Å². The van der Waals surface area contributed by atoms with E-state index in [4.69, 9.17) is 9.47 Å². The summed E-state index contributed by atoms with van der Waals surface area (Å²) in [6, 6.07) is 13.4. The van der Waals surface area contributed by atoms with Crippen LogP contribution in [0.3, 0.4) is 0 Å². The fourth-order valence-electron chi connectivity index (χ4n) is 8.82. The number of halogens is 7. The molecule has 19 heteroatoms. The van der Waals surface area contributed by atoms with Gasteiger partial charge in [0.1, 0.15) is 5.82 Å². The largest absolute Gasteiger partial charge is 0.417 e. The van der Waals surface area contributed by atoms with E-state index in [1.807, 2.05) is 0 Å². The Morgan fingerprint density at radius 3 is 2.25 bits per heavy atom. The van der Waals surface area contributed by atoms with E-state index < -0.39 is 65.6 Å². The van der Waals surface area contributed by atoms with Crippen LogP contribution in [0.4, 0.5) is 36.4 Å². The first kappa shape index (κ1) is 44.8. The maximum Gasteiger partial charge on any atom is 0.417 e. The van der Waals surface area contributed by atoms with E-state index in [0.717, 1.165) is 18.9 Å². The van der Waals surface area contributed by atoms with Gasteiger partial charge in [0.15, 0.2) is 6.10 Å². The van der Waals surface area contributed by atoms with Crippen molar-refractivity contribution >= 4 is 39.2 Å². The molecule has 2 saturated heterocycles. The summed E-state index contributed by atoms with van der Waals surface area (Å²) in [6.45, 7) is 1.99. The molecule has 3 atom stereocenters. The third-order valence-corrected chi connectivity index (χ3v) is 12.2. The fraction of sp³-hybridized carbons (Fsp3) is 0.444. The second-order valence-electron chi connectivity index (χ2n) is 16.5. The van der Waals surface area contributed by atoms with Crippen LogP contribution in [0.5, 0.6) is 0 Å². The van der Waals surface area contributed by atoms with Crippen molar-refractivity contribution in [2.45, 2.75) is 76.1 Å². The number of aromatic nitrogens is 3. The number of H-pyrrole nitrogens is 1. The number of piperazine rings is 1. The number of carbonyl (C=O) groups excluding carboxylic acids is 2. The average molecular weight is 899 g/mol. The number of amides is 2. The van der Waals surface area contributed by atoms with Gasteiger partial charge in [-0.05, 0) is 74.6 Å². The predicted octanol–water partition coefficient (Wildman–Crippen LogP) is 6.70. The summed E-state index contributed by atoms with van der Waals surface area (Å²) in [7, 11) is 0. The second kappa shape index (κ2) is 18.0. The number of carbonyl (C=O) groups is 2. The molecule has 4 heterocycles.